The van der Waals surface area contributed by atoms with Crippen molar-refractivity contribution >= 4 is 29.1 Å². The number of halogens is 2. The number of hydrogen-bond acceptors (Lipinski definition) is 7. The van der Waals surface area contributed by atoms with Gasteiger partial charge in [-0.2, -0.15) is 0 Å². The van der Waals surface area contributed by atoms with Gasteiger partial charge in [0.15, 0.2) is 17.6 Å². The van der Waals surface area contributed by atoms with Crippen LogP contribution >= 0.6 is 23.2 Å². The van der Waals surface area contributed by atoms with Crippen molar-refractivity contribution in [2.45, 2.75) is 19.6 Å². The van der Waals surface area contributed by atoms with E-state index >= 15 is 0 Å². The molecule has 31 heavy (non-hydrogen) atoms. The fourth-order valence-corrected chi connectivity index (χ4v) is 3.26. The van der Waals surface area contributed by atoms with Crippen LogP contribution in [0, 0.1) is 0 Å². The van der Waals surface area contributed by atoms with Crippen LogP contribution in [0.5, 0.6) is 17.2 Å². The lowest BCUT2D eigenvalue weighted by molar-refractivity contribution is -0.137. The highest BCUT2D eigenvalue weighted by Gasteiger charge is 2.22. The molecule has 0 saturated heterocycles. The Morgan fingerprint density at radius 2 is 1.77 bits per heavy atom. The van der Waals surface area contributed by atoms with Crippen LogP contribution in [-0.4, -0.2) is 48.4 Å². The second-order valence-corrected chi connectivity index (χ2v) is 7.44. The maximum Gasteiger partial charge on any atom is 0.263 e. The van der Waals surface area contributed by atoms with Crippen molar-refractivity contribution in [3.63, 3.8) is 0 Å². The summed E-state index contributed by atoms with van der Waals surface area (Å²) in [6.07, 6.45) is -0.781. The molecule has 0 unspecified atom stereocenters. The number of carbonyl (C=O) groups excluding carboxylic acids is 1. The third-order valence-corrected chi connectivity index (χ3v) is 4.92. The number of hydrogen-bond donors (Lipinski definition) is 0. The number of rotatable bonds is 8. The minimum absolute atomic E-state index is 0.112. The summed E-state index contributed by atoms with van der Waals surface area (Å²) in [6.45, 7) is 1.74. The SMILES string of the molecule is COc1ccc(-c2nnc(CN(C)C(=O)[C@H](C)Oc3ccc(Cl)cc3Cl)o2)cc1OC. The fraction of sp³-hybridized carbons (Fsp3) is 0.286. The highest BCUT2D eigenvalue weighted by molar-refractivity contribution is 6.35. The van der Waals surface area contributed by atoms with Gasteiger partial charge in [-0.1, -0.05) is 23.2 Å². The highest BCUT2D eigenvalue weighted by Crippen LogP contribution is 2.32. The Morgan fingerprint density at radius 3 is 2.45 bits per heavy atom. The topological polar surface area (TPSA) is 86.9 Å². The standard InChI is InChI=1S/C21H21Cl2N3O5/c1-12(30-16-8-6-14(22)10-15(16)23)21(27)26(2)11-19-24-25-20(31-19)13-5-7-17(28-3)18(9-13)29-4/h5-10,12H,11H2,1-4H3/t12-/m0/s1. The van der Waals surface area contributed by atoms with Gasteiger partial charge in [-0.3, -0.25) is 4.79 Å². The van der Waals surface area contributed by atoms with E-state index in [1.165, 1.54) is 4.90 Å². The summed E-state index contributed by atoms with van der Waals surface area (Å²) >= 11 is 12.0. The molecule has 1 atom stereocenters. The van der Waals surface area contributed by atoms with Crippen LogP contribution in [0.25, 0.3) is 11.5 Å². The van der Waals surface area contributed by atoms with Gasteiger partial charge in [-0.25, -0.2) is 0 Å². The predicted octanol–water partition coefficient (Wildman–Crippen LogP) is 4.49. The van der Waals surface area contributed by atoms with Crippen molar-refractivity contribution in [2.75, 3.05) is 21.3 Å². The summed E-state index contributed by atoms with van der Waals surface area (Å²) in [5.41, 5.74) is 0.666. The van der Waals surface area contributed by atoms with Crippen molar-refractivity contribution < 1.29 is 23.4 Å². The van der Waals surface area contributed by atoms with Gasteiger partial charge in [-0.05, 0) is 43.3 Å². The minimum atomic E-state index is -0.781. The Kier molecular flexibility index (Phi) is 7.25. The molecule has 0 fully saturated rings. The second kappa shape index (κ2) is 9.89. The second-order valence-electron chi connectivity index (χ2n) is 6.60. The molecule has 0 N–H and O–H groups in total. The maximum absolute atomic E-state index is 12.7. The number of carbonyl (C=O) groups is 1. The van der Waals surface area contributed by atoms with E-state index in [9.17, 15) is 4.79 Å². The van der Waals surface area contributed by atoms with Gasteiger partial charge in [0.1, 0.15) is 5.75 Å². The average Bonchev–Trinajstić information content (AvgIpc) is 3.22. The van der Waals surface area contributed by atoms with Crippen LogP contribution in [0.1, 0.15) is 12.8 Å². The number of nitrogens with zero attached hydrogens (tertiary/aromatic N) is 3. The van der Waals surface area contributed by atoms with Crippen molar-refractivity contribution in [3.8, 4) is 28.7 Å². The monoisotopic (exact) mass is 465 g/mol. The molecule has 0 aliphatic carbocycles. The highest BCUT2D eigenvalue weighted by atomic mass is 35.5. The molecule has 0 saturated carbocycles. The quantitative estimate of drug-likeness (QED) is 0.484. The third-order valence-electron chi connectivity index (χ3n) is 4.39. The lowest BCUT2D eigenvalue weighted by atomic mass is 10.2. The van der Waals surface area contributed by atoms with Gasteiger partial charge >= 0.3 is 0 Å². The minimum Gasteiger partial charge on any atom is -0.493 e. The summed E-state index contributed by atoms with van der Waals surface area (Å²) in [5, 5.41) is 8.88. The number of benzene rings is 2. The van der Waals surface area contributed by atoms with Gasteiger partial charge in [0, 0.05) is 17.6 Å². The first-order chi connectivity index (χ1) is 14.8. The Hall–Kier alpha value is -2.97. The summed E-state index contributed by atoms with van der Waals surface area (Å²) in [7, 11) is 4.72. The molecule has 1 amide bonds. The van der Waals surface area contributed by atoms with E-state index in [1.54, 1.807) is 64.6 Å². The molecule has 0 spiro atoms. The largest absolute Gasteiger partial charge is 0.493 e. The third kappa shape index (κ3) is 5.39. The Balaban J connectivity index is 1.66. The smallest absolute Gasteiger partial charge is 0.263 e. The molecule has 1 heterocycles. The molecule has 0 aliphatic rings. The van der Waals surface area contributed by atoms with Crippen molar-refractivity contribution in [1.29, 1.82) is 0 Å². The Morgan fingerprint density at radius 1 is 1.06 bits per heavy atom. The molecule has 3 rings (SSSR count). The van der Waals surface area contributed by atoms with E-state index in [4.69, 9.17) is 41.8 Å². The molecule has 8 nitrogen and oxygen atoms in total. The van der Waals surface area contributed by atoms with Gasteiger partial charge in [0.05, 0.1) is 25.8 Å². The normalized spacial score (nSPS) is 11.7. The number of likely N-dealkylation sites (N-methyl/N-ethyl adjacent to an activating group) is 1. The summed E-state index contributed by atoms with van der Waals surface area (Å²) < 4.78 is 21.9. The van der Waals surface area contributed by atoms with Crippen LogP contribution in [0.3, 0.4) is 0 Å². The van der Waals surface area contributed by atoms with Crippen molar-refractivity contribution in [2.24, 2.45) is 0 Å². The summed E-state index contributed by atoms with van der Waals surface area (Å²) in [5.74, 6) is 1.79. The first-order valence-corrected chi connectivity index (χ1v) is 9.99. The molecular formula is C21H21Cl2N3O5. The molecule has 1 aromatic heterocycles. The molecular weight excluding hydrogens is 445 g/mol. The summed E-state index contributed by atoms with van der Waals surface area (Å²) in [4.78, 5) is 14.1. The molecule has 10 heteroatoms. The van der Waals surface area contributed by atoms with E-state index in [-0.39, 0.29) is 18.3 Å². The van der Waals surface area contributed by atoms with Crippen molar-refractivity contribution in [3.05, 3.63) is 52.3 Å². The first-order valence-electron chi connectivity index (χ1n) is 9.23. The maximum atomic E-state index is 12.7. The molecule has 0 bridgehead atoms. The zero-order valence-electron chi connectivity index (χ0n) is 17.4. The van der Waals surface area contributed by atoms with Crippen LogP contribution < -0.4 is 14.2 Å². The lowest BCUT2D eigenvalue weighted by Gasteiger charge is -2.21. The lowest BCUT2D eigenvalue weighted by Crippen LogP contribution is -2.37. The first kappa shape index (κ1) is 22.7. The zero-order valence-corrected chi connectivity index (χ0v) is 18.9. The summed E-state index contributed by atoms with van der Waals surface area (Å²) in [6, 6.07) is 10.1. The molecule has 164 valence electrons. The zero-order chi connectivity index (χ0) is 22.5. The molecule has 2 aromatic carbocycles. The van der Waals surface area contributed by atoms with E-state index < -0.39 is 6.10 Å². The number of ether oxygens (including phenoxy) is 3. The van der Waals surface area contributed by atoms with Crippen molar-refractivity contribution in [1.82, 2.24) is 15.1 Å². The molecule has 0 aliphatic heterocycles. The van der Waals surface area contributed by atoms with E-state index in [1.807, 2.05) is 0 Å². The number of aromatic nitrogens is 2. The van der Waals surface area contributed by atoms with Gasteiger partial charge in [0.25, 0.3) is 5.91 Å². The van der Waals surface area contributed by atoms with Crippen LogP contribution in [0.2, 0.25) is 10.0 Å². The van der Waals surface area contributed by atoms with E-state index in [2.05, 4.69) is 10.2 Å². The Labute approximate surface area is 189 Å². The predicted molar refractivity (Wildman–Crippen MR) is 116 cm³/mol. The fourth-order valence-electron chi connectivity index (χ4n) is 2.81. The van der Waals surface area contributed by atoms with Gasteiger partial charge < -0.3 is 23.5 Å². The number of methoxy groups -OCH3 is 2. The Bertz CT molecular complexity index is 1070. The van der Waals surface area contributed by atoms with Gasteiger partial charge in [0.2, 0.25) is 11.8 Å². The van der Waals surface area contributed by atoms with Crippen LogP contribution in [0.4, 0.5) is 0 Å². The van der Waals surface area contributed by atoms with Gasteiger partial charge in [-0.15, -0.1) is 10.2 Å². The molecule has 0 radical (unpaired) electrons. The van der Waals surface area contributed by atoms with E-state index in [0.717, 1.165) is 0 Å². The average molecular weight is 466 g/mol. The van der Waals surface area contributed by atoms with Crippen LogP contribution in [0.15, 0.2) is 40.8 Å². The van der Waals surface area contributed by atoms with E-state index in [0.29, 0.717) is 38.7 Å². The van der Waals surface area contributed by atoms with Crippen LogP contribution in [-0.2, 0) is 11.3 Å². The number of amides is 1. The molecule has 3 aromatic rings.